The Morgan fingerprint density at radius 2 is 1.96 bits per heavy atom. The molecule has 3 atom stereocenters. The molecule has 1 unspecified atom stereocenters. The molecule has 0 amide bonds. The zero-order valence-corrected chi connectivity index (χ0v) is 14.9. The Balaban J connectivity index is 1.72. The lowest BCUT2D eigenvalue weighted by Crippen LogP contribution is -2.59. The van der Waals surface area contributed by atoms with Gasteiger partial charge >= 0.3 is 6.18 Å². The normalized spacial score (nSPS) is 32.7. The van der Waals surface area contributed by atoms with Crippen molar-refractivity contribution < 1.29 is 22.7 Å². The van der Waals surface area contributed by atoms with E-state index < -0.39 is 29.3 Å². The van der Waals surface area contributed by atoms with Crippen LogP contribution in [0.15, 0.2) is 17.1 Å². The van der Waals surface area contributed by atoms with Crippen LogP contribution >= 0.6 is 0 Å². The molecule has 148 valence electrons. The van der Waals surface area contributed by atoms with Gasteiger partial charge in [0.1, 0.15) is 11.5 Å². The third-order valence-corrected chi connectivity index (χ3v) is 5.86. The number of piperidine rings is 1. The zero-order chi connectivity index (χ0) is 19.4. The maximum Gasteiger partial charge on any atom is 0.433 e. The molecule has 4 rings (SSSR count). The van der Waals surface area contributed by atoms with Gasteiger partial charge < -0.3 is 15.7 Å². The van der Waals surface area contributed by atoms with E-state index in [9.17, 15) is 18.3 Å². The third-order valence-electron chi connectivity index (χ3n) is 5.86. The number of rotatable bonds is 2. The number of pyridine rings is 1. The number of hydrogen-bond donors (Lipinski definition) is 3. The Morgan fingerprint density at radius 3 is 2.56 bits per heavy atom. The molecule has 5 nitrogen and oxygen atoms in total. The van der Waals surface area contributed by atoms with Gasteiger partial charge in [0, 0.05) is 11.6 Å². The second kappa shape index (κ2) is 6.13. The number of nitrogens with one attached hydrogen (secondary N) is 2. The van der Waals surface area contributed by atoms with Crippen LogP contribution in [0, 0.1) is 0 Å². The molecular weight excluding hydrogens is 364 g/mol. The van der Waals surface area contributed by atoms with Crippen molar-refractivity contribution in [1.82, 2.24) is 15.6 Å². The SMILES string of the molecule is C[C@H]1C[C@@]2(CCN1)NC(c1ccc(C(F)(F)F)nc1C1(F)CCC1)=NC2O. The minimum Gasteiger partial charge on any atom is -0.369 e. The first-order chi connectivity index (χ1) is 12.6. The predicted molar refractivity (Wildman–Crippen MR) is 91.0 cm³/mol. The van der Waals surface area contributed by atoms with Gasteiger partial charge in [-0.2, -0.15) is 13.2 Å². The predicted octanol–water partition coefficient (Wildman–Crippen LogP) is 2.63. The number of aliphatic hydroxyl groups is 1. The molecule has 1 spiro atoms. The molecule has 1 aromatic heterocycles. The van der Waals surface area contributed by atoms with Crippen molar-refractivity contribution >= 4 is 5.84 Å². The second-order valence-electron chi connectivity index (χ2n) is 7.85. The van der Waals surface area contributed by atoms with Crippen LogP contribution in [0.5, 0.6) is 0 Å². The quantitative estimate of drug-likeness (QED) is 0.684. The second-order valence-corrected chi connectivity index (χ2v) is 7.85. The van der Waals surface area contributed by atoms with Gasteiger partial charge in [-0.15, -0.1) is 0 Å². The van der Waals surface area contributed by atoms with E-state index in [0.29, 0.717) is 25.8 Å². The van der Waals surface area contributed by atoms with Gasteiger partial charge in [0.25, 0.3) is 0 Å². The molecule has 2 fully saturated rings. The van der Waals surface area contributed by atoms with Gasteiger partial charge in [0.05, 0.1) is 11.2 Å². The standard InChI is InChI=1S/C18H22F4N4O/c1-10-9-17(7-8-23-10)15(27)25-14(26-17)11-3-4-12(18(20,21)22)24-13(11)16(19)5-2-6-16/h3-4,10,15,23,27H,2,5-9H2,1H3,(H,25,26)/t10-,15?,17+/m0/s1. The lowest BCUT2D eigenvalue weighted by molar-refractivity contribution is -0.141. The minimum atomic E-state index is -4.65. The van der Waals surface area contributed by atoms with E-state index in [1.54, 1.807) is 0 Å². The van der Waals surface area contributed by atoms with Gasteiger partial charge in [0.2, 0.25) is 0 Å². The molecule has 0 radical (unpaired) electrons. The summed E-state index contributed by atoms with van der Waals surface area (Å²) < 4.78 is 54.4. The largest absolute Gasteiger partial charge is 0.433 e. The van der Waals surface area contributed by atoms with E-state index in [4.69, 9.17) is 0 Å². The van der Waals surface area contributed by atoms with Crippen LogP contribution in [0.4, 0.5) is 17.6 Å². The molecule has 9 heteroatoms. The summed E-state index contributed by atoms with van der Waals surface area (Å²) in [5, 5.41) is 17.0. The molecule has 1 saturated carbocycles. The highest BCUT2D eigenvalue weighted by atomic mass is 19.4. The molecule has 3 aliphatic rings. The van der Waals surface area contributed by atoms with Crippen molar-refractivity contribution in [2.45, 2.75) is 68.7 Å². The Labute approximate surface area is 154 Å². The third kappa shape index (κ3) is 3.10. The summed E-state index contributed by atoms with van der Waals surface area (Å²) in [6.45, 7) is 2.67. The van der Waals surface area contributed by atoms with E-state index in [0.717, 1.165) is 6.07 Å². The summed E-state index contributed by atoms with van der Waals surface area (Å²) in [6, 6.07) is 2.21. The maximum atomic E-state index is 15.1. The number of aliphatic hydroxyl groups excluding tert-OH is 1. The van der Waals surface area contributed by atoms with E-state index in [1.807, 2.05) is 6.92 Å². The molecule has 27 heavy (non-hydrogen) atoms. The van der Waals surface area contributed by atoms with Gasteiger partial charge in [-0.25, -0.2) is 14.4 Å². The number of nitrogens with zero attached hydrogens (tertiary/aromatic N) is 2. The molecule has 2 aliphatic heterocycles. The summed E-state index contributed by atoms with van der Waals surface area (Å²) in [6.07, 6.45) is -3.61. The highest BCUT2D eigenvalue weighted by molar-refractivity contribution is 6.02. The Kier molecular flexibility index (Phi) is 4.23. The fourth-order valence-electron chi connectivity index (χ4n) is 4.20. The van der Waals surface area contributed by atoms with Gasteiger partial charge in [-0.1, -0.05) is 0 Å². The number of aliphatic imine (C=N–C) groups is 1. The molecule has 1 aromatic rings. The molecule has 1 saturated heterocycles. The van der Waals surface area contributed by atoms with Crippen LogP contribution in [0.2, 0.25) is 0 Å². The van der Waals surface area contributed by atoms with Crippen LogP contribution in [0.1, 0.15) is 56.0 Å². The zero-order valence-electron chi connectivity index (χ0n) is 14.9. The van der Waals surface area contributed by atoms with Gasteiger partial charge in [-0.05, 0) is 57.7 Å². The van der Waals surface area contributed by atoms with Crippen LogP contribution in [-0.2, 0) is 11.8 Å². The number of hydrogen-bond acceptors (Lipinski definition) is 5. The summed E-state index contributed by atoms with van der Waals surface area (Å²) in [5.74, 6) is 0.219. The van der Waals surface area contributed by atoms with Crippen molar-refractivity contribution in [3.63, 3.8) is 0 Å². The van der Waals surface area contributed by atoms with E-state index in [1.165, 1.54) is 6.07 Å². The van der Waals surface area contributed by atoms with E-state index in [-0.39, 0.29) is 36.0 Å². The Hall–Kier alpha value is -1.74. The first-order valence-electron chi connectivity index (χ1n) is 9.18. The number of halogens is 4. The van der Waals surface area contributed by atoms with E-state index >= 15 is 4.39 Å². The maximum absolute atomic E-state index is 15.1. The van der Waals surface area contributed by atoms with Crippen LogP contribution in [0.3, 0.4) is 0 Å². The number of aromatic nitrogens is 1. The fraction of sp³-hybridized carbons (Fsp3) is 0.667. The van der Waals surface area contributed by atoms with Crippen molar-refractivity contribution in [1.29, 1.82) is 0 Å². The topological polar surface area (TPSA) is 69.5 Å². The van der Waals surface area contributed by atoms with Crippen molar-refractivity contribution in [3.05, 3.63) is 29.1 Å². The lowest BCUT2D eigenvalue weighted by atomic mass is 9.77. The molecule has 3 heterocycles. The van der Waals surface area contributed by atoms with Crippen LogP contribution in [0.25, 0.3) is 0 Å². The summed E-state index contributed by atoms with van der Waals surface area (Å²) >= 11 is 0. The van der Waals surface area contributed by atoms with Gasteiger partial charge in [-0.3, -0.25) is 0 Å². The smallest absolute Gasteiger partial charge is 0.369 e. The summed E-state index contributed by atoms with van der Waals surface area (Å²) in [5.41, 5.74) is -3.73. The average Bonchev–Trinajstić information content (AvgIpc) is 2.87. The fourth-order valence-corrected chi connectivity index (χ4v) is 4.20. The Morgan fingerprint density at radius 1 is 1.22 bits per heavy atom. The average molecular weight is 386 g/mol. The van der Waals surface area contributed by atoms with Crippen molar-refractivity contribution in [2.75, 3.05) is 6.54 Å². The summed E-state index contributed by atoms with van der Waals surface area (Å²) in [7, 11) is 0. The molecule has 1 aliphatic carbocycles. The minimum absolute atomic E-state index is 0.135. The first-order valence-corrected chi connectivity index (χ1v) is 9.18. The molecule has 0 aromatic carbocycles. The number of alkyl halides is 4. The highest BCUT2D eigenvalue weighted by Crippen LogP contribution is 2.46. The highest BCUT2D eigenvalue weighted by Gasteiger charge is 2.49. The van der Waals surface area contributed by atoms with Crippen LogP contribution < -0.4 is 10.6 Å². The lowest BCUT2D eigenvalue weighted by Gasteiger charge is -2.40. The van der Waals surface area contributed by atoms with E-state index in [2.05, 4.69) is 20.6 Å². The summed E-state index contributed by atoms with van der Waals surface area (Å²) in [4.78, 5) is 7.88. The number of amidine groups is 1. The first kappa shape index (κ1) is 18.6. The van der Waals surface area contributed by atoms with Gasteiger partial charge in [0.15, 0.2) is 11.9 Å². The van der Waals surface area contributed by atoms with Crippen molar-refractivity contribution in [3.8, 4) is 0 Å². The molecular formula is C18H22F4N4O. The van der Waals surface area contributed by atoms with Crippen LogP contribution in [-0.4, -0.2) is 40.3 Å². The van der Waals surface area contributed by atoms with Crippen molar-refractivity contribution in [2.24, 2.45) is 4.99 Å². The molecule has 0 bridgehead atoms. The monoisotopic (exact) mass is 386 g/mol. The molecule has 3 N–H and O–H groups in total. The Bertz CT molecular complexity index is 777.